The summed E-state index contributed by atoms with van der Waals surface area (Å²) in [4.78, 5) is 0. The van der Waals surface area contributed by atoms with Crippen LogP contribution in [0.4, 0.5) is 0 Å². The molecule has 0 aromatic heterocycles. The van der Waals surface area contributed by atoms with Gasteiger partial charge in [0.05, 0.1) is 5.25 Å². The number of rotatable bonds is 10. The quantitative estimate of drug-likeness (QED) is 0.378. The Morgan fingerprint density at radius 3 is 1.88 bits per heavy atom. The Labute approximate surface area is 129 Å². The van der Waals surface area contributed by atoms with Crippen LogP contribution in [0.3, 0.4) is 0 Å². The Morgan fingerprint density at radius 1 is 0.882 bits per heavy atom. The number of unbranched alkanes of at least 4 members (excludes halogenated alkanes) is 5. The zero-order valence-corrected chi connectivity index (χ0v) is 11.4. The molecule has 1 atom stereocenters. The predicted octanol–water partition coefficient (Wildman–Crippen LogP) is 3.15. The van der Waals surface area contributed by atoms with Crippen molar-refractivity contribution in [2.75, 3.05) is 0 Å². The van der Waals surface area contributed by atoms with Crippen LogP contribution in [0.15, 0.2) is 0 Å². The Morgan fingerprint density at radius 2 is 1.41 bits per heavy atom. The van der Waals surface area contributed by atoms with Gasteiger partial charge >= 0.3 is 29.6 Å². The van der Waals surface area contributed by atoms with Gasteiger partial charge in [-0.05, 0) is 12.8 Å². The van der Waals surface area contributed by atoms with Crippen molar-refractivity contribution in [2.45, 2.75) is 76.9 Å². The molecule has 0 amide bonds. The molecular formula is C12H27NaO3S. The van der Waals surface area contributed by atoms with E-state index in [9.17, 15) is 8.42 Å². The average Bonchev–Trinajstić information content (AvgIpc) is 2.20. The maximum absolute atomic E-state index is 11.0. The fourth-order valence-corrected chi connectivity index (χ4v) is 2.91. The summed E-state index contributed by atoms with van der Waals surface area (Å²) >= 11 is 0. The first-order valence-electron chi connectivity index (χ1n) is 6.48. The van der Waals surface area contributed by atoms with Crippen LogP contribution in [-0.2, 0) is 10.1 Å². The fourth-order valence-electron chi connectivity index (χ4n) is 1.92. The van der Waals surface area contributed by atoms with Crippen LogP contribution in [0.2, 0.25) is 0 Å². The van der Waals surface area contributed by atoms with Gasteiger partial charge < -0.3 is 0 Å². The van der Waals surface area contributed by atoms with E-state index in [-0.39, 0.29) is 29.6 Å². The number of hydrogen-bond acceptors (Lipinski definition) is 2. The van der Waals surface area contributed by atoms with Gasteiger partial charge in [0.1, 0.15) is 0 Å². The molecule has 0 radical (unpaired) electrons. The minimum atomic E-state index is -3.82. The van der Waals surface area contributed by atoms with E-state index in [1.54, 1.807) is 0 Å². The van der Waals surface area contributed by atoms with E-state index in [2.05, 4.69) is 6.92 Å². The summed E-state index contributed by atoms with van der Waals surface area (Å²) in [6.45, 7) is 4.12. The van der Waals surface area contributed by atoms with Gasteiger partial charge in [0.25, 0.3) is 10.1 Å². The van der Waals surface area contributed by atoms with Crippen molar-refractivity contribution in [1.29, 1.82) is 0 Å². The van der Waals surface area contributed by atoms with Crippen molar-refractivity contribution < 1.29 is 13.0 Å². The molecule has 0 saturated heterocycles. The molecule has 17 heavy (non-hydrogen) atoms. The van der Waals surface area contributed by atoms with E-state index >= 15 is 0 Å². The third-order valence-electron chi connectivity index (χ3n) is 2.91. The van der Waals surface area contributed by atoms with E-state index in [0.717, 1.165) is 19.3 Å². The summed E-state index contributed by atoms with van der Waals surface area (Å²) < 4.78 is 31.1. The third kappa shape index (κ3) is 11.7. The van der Waals surface area contributed by atoms with E-state index in [1.165, 1.54) is 25.7 Å². The normalized spacial score (nSPS) is 13.1. The first-order valence-corrected chi connectivity index (χ1v) is 7.99. The maximum atomic E-state index is 11.0. The average molecular weight is 274 g/mol. The molecule has 0 fully saturated rings. The van der Waals surface area contributed by atoms with Gasteiger partial charge in [-0.2, -0.15) is 8.42 Å². The van der Waals surface area contributed by atoms with E-state index in [0.29, 0.717) is 12.8 Å². The van der Waals surface area contributed by atoms with Gasteiger partial charge in [-0.1, -0.05) is 58.8 Å². The fraction of sp³-hybridized carbons (Fsp3) is 1.00. The monoisotopic (exact) mass is 274 g/mol. The summed E-state index contributed by atoms with van der Waals surface area (Å²) in [5.74, 6) is 0. The standard InChI is InChI=1S/C12H26O3S.Na.H/c1-3-5-6-7-8-9-11-12(10-4-2)16(13,14)15;;/h12H,3-11H2,1-2H3,(H,13,14,15);;. The molecule has 0 bridgehead atoms. The van der Waals surface area contributed by atoms with Crippen molar-refractivity contribution in [3.8, 4) is 0 Å². The molecule has 5 heteroatoms. The first kappa shape index (κ1) is 20.2. The van der Waals surface area contributed by atoms with Gasteiger partial charge in [0, 0.05) is 0 Å². The predicted molar refractivity (Wildman–Crippen MR) is 75.4 cm³/mol. The summed E-state index contributed by atoms with van der Waals surface area (Å²) in [6.07, 6.45) is 8.88. The van der Waals surface area contributed by atoms with Gasteiger partial charge in [0.15, 0.2) is 0 Å². The summed E-state index contributed by atoms with van der Waals surface area (Å²) in [7, 11) is -3.82. The molecule has 0 rings (SSSR count). The Kier molecular flexibility index (Phi) is 14.2. The van der Waals surface area contributed by atoms with Crippen LogP contribution in [0.5, 0.6) is 0 Å². The SMILES string of the molecule is CCCCCCCCC(CCC)S(=O)(=O)O.[NaH]. The van der Waals surface area contributed by atoms with E-state index in [4.69, 9.17) is 4.55 Å². The zero-order valence-electron chi connectivity index (χ0n) is 10.6. The molecule has 0 saturated carbocycles. The van der Waals surface area contributed by atoms with Crippen molar-refractivity contribution >= 4 is 39.7 Å². The third-order valence-corrected chi connectivity index (χ3v) is 4.23. The van der Waals surface area contributed by atoms with Crippen LogP contribution in [0, 0.1) is 0 Å². The molecule has 0 aliphatic heterocycles. The van der Waals surface area contributed by atoms with Gasteiger partial charge in [0.2, 0.25) is 0 Å². The molecule has 0 aliphatic carbocycles. The Bertz CT molecular complexity index is 252. The van der Waals surface area contributed by atoms with Crippen LogP contribution in [0.25, 0.3) is 0 Å². The van der Waals surface area contributed by atoms with E-state index < -0.39 is 15.4 Å². The molecule has 0 aromatic rings. The second kappa shape index (κ2) is 12.0. The van der Waals surface area contributed by atoms with Crippen molar-refractivity contribution in [2.24, 2.45) is 0 Å². The molecular weight excluding hydrogens is 247 g/mol. The molecule has 3 nitrogen and oxygen atoms in total. The molecule has 0 heterocycles. The summed E-state index contributed by atoms with van der Waals surface area (Å²) in [5, 5.41) is -0.538. The van der Waals surface area contributed by atoms with Crippen LogP contribution in [0.1, 0.15) is 71.6 Å². The van der Waals surface area contributed by atoms with Crippen molar-refractivity contribution in [3.63, 3.8) is 0 Å². The molecule has 0 aliphatic rings. The molecule has 1 unspecified atom stereocenters. The zero-order chi connectivity index (χ0) is 12.4. The van der Waals surface area contributed by atoms with Gasteiger partial charge in [-0.3, -0.25) is 4.55 Å². The Hall–Kier alpha value is 0.910. The van der Waals surface area contributed by atoms with Crippen molar-refractivity contribution in [1.82, 2.24) is 0 Å². The van der Waals surface area contributed by atoms with E-state index in [1.807, 2.05) is 6.92 Å². The molecule has 0 aromatic carbocycles. The van der Waals surface area contributed by atoms with Gasteiger partial charge in [-0.15, -0.1) is 0 Å². The Balaban J connectivity index is 0. The van der Waals surface area contributed by atoms with Gasteiger partial charge in [-0.25, -0.2) is 0 Å². The summed E-state index contributed by atoms with van der Waals surface area (Å²) in [6, 6.07) is 0. The topological polar surface area (TPSA) is 54.4 Å². The summed E-state index contributed by atoms with van der Waals surface area (Å²) in [5.41, 5.74) is 0. The second-order valence-corrected chi connectivity index (χ2v) is 6.18. The second-order valence-electron chi connectivity index (χ2n) is 4.48. The molecule has 100 valence electrons. The number of hydrogen-bond donors (Lipinski definition) is 1. The minimum absolute atomic E-state index is 0. The molecule has 1 N–H and O–H groups in total. The van der Waals surface area contributed by atoms with Crippen LogP contribution < -0.4 is 0 Å². The molecule has 0 spiro atoms. The van der Waals surface area contributed by atoms with Crippen LogP contribution >= 0.6 is 0 Å². The first-order chi connectivity index (χ1) is 7.52. The van der Waals surface area contributed by atoms with Crippen molar-refractivity contribution in [3.05, 3.63) is 0 Å². The van der Waals surface area contributed by atoms with Crippen LogP contribution in [-0.4, -0.2) is 47.8 Å².